The van der Waals surface area contributed by atoms with E-state index in [-0.39, 0.29) is 18.4 Å². The fourth-order valence-electron chi connectivity index (χ4n) is 1.76. The summed E-state index contributed by atoms with van der Waals surface area (Å²) in [6.45, 7) is 1.68. The first-order chi connectivity index (χ1) is 9.92. The zero-order valence-corrected chi connectivity index (χ0v) is 11.9. The van der Waals surface area contributed by atoms with Crippen molar-refractivity contribution in [3.63, 3.8) is 0 Å². The van der Waals surface area contributed by atoms with Gasteiger partial charge in [0.2, 0.25) is 0 Å². The van der Waals surface area contributed by atoms with Crippen LogP contribution in [0.4, 0.5) is 9.18 Å². The zero-order valence-electron chi connectivity index (χ0n) is 11.9. The van der Waals surface area contributed by atoms with Crippen LogP contribution in [0.3, 0.4) is 0 Å². The first-order valence-corrected chi connectivity index (χ1v) is 6.46. The highest BCUT2D eigenvalue weighted by Crippen LogP contribution is 2.05. The van der Waals surface area contributed by atoms with E-state index < -0.39 is 18.1 Å². The molecule has 2 unspecified atom stereocenters. The Bertz CT molecular complexity index is 478. The fourth-order valence-corrected chi connectivity index (χ4v) is 1.76. The van der Waals surface area contributed by atoms with Gasteiger partial charge in [0, 0.05) is 13.2 Å². The number of urea groups is 1. The average Bonchev–Trinajstić information content (AvgIpc) is 2.41. The molecule has 0 saturated carbocycles. The predicted octanol–water partition coefficient (Wildman–Crippen LogP) is 1.16. The van der Waals surface area contributed by atoms with Gasteiger partial charge in [-0.3, -0.25) is 0 Å². The third-order valence-electron chi connectivity index (χ3n) is 2.84. The molecule has 0 spiro atoms. The summed E-state index contributed by atoms with van der Waals surface area (Å²) in [6, 6.07) is 5.36. The summed E-state index contributed by atoms with van der Waals surface area (Å²) < 4.78 is 17.5. The second-order valence-corrected chi connectivity index (χ2v) is 4.65. The minimum absolute atomic E-state index is 0.124. The molecule has 7 heteroatoms. The molecule has 0 heterocycles. The Morgan fingerprint density at radius 1 is 1.33 bits per heavy atom. The standard InChI is InChI=1S/C14H19FN2O4/c1-9(7-10-3-5-11(15)6-4-10)17-14(20)16-8-12(21-2)13(18)19/h3-6,9,12H,7-8H2,1-2H3,(H,18,19)(H2,16,17,20). The number of aliphatic carboxylic acids is 1. The Hall–Kier alpha value is -2.15. The summed E-state index contributed by atoms with van der Waals surface area (Å²) in [5.41, 5.74) is 0.893. The number of carbonyl (C=O) groups excluding carboxylic acids is 1. The molecule has 2 amide bonds. The molecule has 21 heavy (non-hydrogen) atoms. The molecule has 0 radical (unpaired) electrons. The Morgan fingerprint density at radius 2 is 1.95 bits per heavy atom. The van der Waals surface area contributed by atoms with E-state index in [1.807, 2.05) is 0 Å². The van der Waals surface area contributed by atoms with Crippen molar-refractivity contribution in [1.82, 2.24) is 10.6 Å². The Balaban J connectivity index is 2.36. The number of ether oxygens (including phenoxy) is 1. The number of carbonyl (C=O) groups is 2. The van der Waals surface area contributed by atoms with Crippen molar-refractivity contribution in [2.24, 2.45) is 0 Å². The molecule has 1 aromatic rings. The number of rotatable bonds is 7. The highest BCUT2D eigenvalue weighted by atomic mass is 19.1. The van der Waals surface area contributed by atoms with E-state index in [0.29, 0.717) is 6.42 Å². The zero-order chi connectivity index (χ0) is 15.8. The quantitative estimate of drug-likeness (QED) is 0.705. The van der Waals surface area contributed by atoms with Gasteiger partial charge in [0.1, 0.15) is 5.82 Å². The van der Waals surface area contributed by atoms with E-state index in [1.54, 1.807) is 19.1 Å². The molecule has 1 rings (SSSR count). The number of carboxylic acids is 1. The number of halogens is 1. The minimum Gasteiger partial charge on any atom is -0.479 e. The lowest BCUT2D eigenvalue weighted by Gasteiger charge is -2.16. The van der Waals surface area contributed by atoms with Crippen molar-refractivity contribution in [3.05, 3.63) is 35.6 Å². The van der Waals surface area contributed by atoms with Crippen LogP contribution in [0.2, 0.25) is 0 Å². The number of carboxylic acid groups (broad SMARTS) is 1. The molecule has 2 atom stereocenters. The summed E-state index contributed by atoms with van der Waals surface area (Å²) in [5.74, 6) is -1.45. The van der Waals surface area contributed by atoms with Crippen LogP contribution < -0.4 is 10.6 Å². The van der Waals surface area contributed by atoms with Gasteiger partial charge < -0.3 is 20.5 Å². The van der Waals surface area contributed by atoms with Gasteiger partial charge in [0.15, 0.2) is 6.10 Å². The van der Waals surface area contributed by atoms with E-state index in [4.69, 9.17) is 9.84 Å². The van der Waals surface area contributed by atoms with Gasteiger partial charge in [0.05, 0.1) is 6.54 Å². The van der Waals surface area contributed by atoms with Crippen LogP contribution in [-0.4, -0.2) is 42.9 Å². The number of amides is 2. The van der Waals surface area contributed by atoms with Crippen LogP contribution in [-0.2, 0) is 16.0 Å². The Morgan fingerprint density at radius 3 is 2.48 bits per heavy atom. The van der Waals surface area contributed by atoms with Gasteiger partial charge in [-0.25, -0.2) is 14.0 Å². The second-order valence-electron chi connectivity index (χ2n) is 4.65. The molecule has 0 aliphatic heterocycles. The molecule has 0 aromatic heterocycles. The molecule has 0 bridgehead atoms. The number of nitrogens with one attached hydrogen (secondary N) is 2. The smallest absolute Gasteiger partial charge is 0.334 e. The highest BCUT2D eigenvalue weighted by molar-refractivity contribution is 5.77. The van der Waals surface area contributed by atoms with E-state index in [2.05, 4.69) is 10.6 Å². The van der Waals surface area contributed by atoms with Gasteiger partial charge in [-0.15, -0.1) is 0 Å². The molecule has 0 saturated heterocycles. The first-order valence-electron chi connectivity index (χ1n) is 6.46. The van der Waals surface area contributed by atoms with E-state index in [0.717, 1.165) is 5.56 Å². The molecular weight excluding hydrogens is 279 g/mol. The Kier molecular flexibility index (Phi) is 6.61. The van der Waals surface area contributed by atoms with Crippen molar-refractivity contribution in [2.45, 2.75) is 25.5 Å². The SMILES string of the molecule is COC(CNC(=O)NC(C)Cc1ccc(F)cc1)C(=O)O. The molecule has 6 nitrogen and oxygen atoms in total. The molecule has 3 N–H and O–H groups in total. The summed E-state index contributed by atoms with van der Waals surface area (Å²) in [4.78, 5) is 22.3. The van der Waals surface area contributed by atoms with Crippen molar-refractivity contribution in [2.75, 3.05) is 13.7 Å². The van der Waals surface area contributed by atoms with Crippen LogP contribution in [0, 0.1) is 5.82 Å². The van der Waals surface area contributed by atoms with Gasteiger partial charge in [-0.1, -0.05) is 12.1 Å². The summed E-state index contributed by atoms with van der Waals surface area (Å²) in [7, 11) is 1.26. The number of hydrogen-bond donors (Lipinski definition) is 3. The van der Waals surface area contributed by atoms with E-state index >= 15 is 0 Å². The Labute approximate surface area is 122 Å². The van der Waals surface area contributed by atoms with Crippen molar-refractivity contribution >= 4 is 12.0 Å². The number of hydrogen-bond acceptors (Lipinski definition) is 3. The maximum atomic E-state index is 12.8. The maximum absolute atomic E-state index is 12.8. The topological polar surface area (TPSA) is 87.7 Å². The van der Waals surface area contributed by atoms with Crippen LogP contribution in [0.1, 0.15) is 12.5 Å². The van der Waals surface area contributed by atoms with Gasteiger partial charge in [-0.05, 0) is 31.0 Å². The summed E-state index contributed by atoms with van der Waals surface area (Å²) in [6.07, 6.45) is -0.538. The molecule has 116 valence electrons. The summed E-state index contributed by atoms with van der Waals surface area (Å²) >= 11 is 0. The fraction of sp³-hybridized carbons (Fsp3) is 0.429. The third-order valence-corrected chi connectivity index (χ3v) is 2.84. The van der Waals surface area contributed by atoms with Crippen molar-refractivity contribution in [1.29, 1.82) is 0 Å². The van der Waals surface area contributed by atoms with Crippen LogP contribution >= 0.6 is 0 Å². The van der Waals surface area contributed by atoms with Gasteiger partial charge in [0.25, 0.3) is 0 Å². The van der Waals surface area contributed by atoms with Crippen LogP contribution in [0.15, 0.2) is 24.3 Å². The normalized spacial score (nSPS) is 13.3. The molecule has 0 aliphatic carbocycles. The average molecular weight is 298 g/mol. The highest BCUT2D eigenvalue weighted by Gasteiger charge is 2.17. The third kappa shape index (κ3) is 6.22. The van der Waals surface area contributed by atoms with Gasteiger partial charge in [-0.2, -0.15) is 0 Å². The van der Waals surface area contributed by atoms with Gasteiger partial charge >= 0.3 is 12.0 Å². The lowest BCUT2D eigenvalue weighted by molar-refractivity contribution is -0.147. The van der Waals surface area contributed by atoms with Crippen molar-refractivity contribution < 1.29 is 23.8 Å². The summed E-state index contributed by atoms with van der Waals surface area (Å²) in [5, 5.41) is 13.9. The van der Waals surface area contributed by atoms with E-state index in [9.17, 15) is 14.0 Å². The molecule has 0 aliphatic rings. The minimum atomic E-state index is -1.14. The predicted molar refractivity (Wildman–Crippen MR) is 74.5 cm³/mol. The van der Waals surface area contributed by atoms with Crippen LogP contribution in [0.25, 0.3) is 0 Å². The lowest BCUT2D eigenvalue weighted by atomic mass is 10.1. The lowest BCUT2D eigenvalue weighted by Crippen LogP contribution is -2.46. The monoisotopic (exact) mass is 298 g/mol. The second kappa shape index (κ2) is 8.21. The van der Waals surface area contributed by atoms with E-state index in [1.165, 1.54) is 19.2 Å². The molecular formula is C14H19FN2O4. The molecule has 0 fully saturated rings. The largest absolute Gasteiger partial charge is 0.479 e. The van der Waals surface area contributed by atoms with Crippen molar-refractivity contribution in [3.8, 4) is 0 Å². The number of methoxy groups -OCH3 is 1. The maximum Gasteiger partial charge on any atom is 0.334 e. The first kappa shape index (κ1) is 16.9. The molecule has 1 aromatic carbocycles. The van der Waals surface area contributed by atoms with Crippen LogP contribution in [0.5, 0.6) is 0 Å². The number of benzene rings is 1.